The molecule has 32 heavy (non-hydrogen) atoms. The van der Waals surface area contributed by atoms with Crippen LogP contribution in [-0.4, -0.2) is 50.5 Å². The number of rotatable bonds is 10. The minimum absolute atomic E-state index is 0.111. The fourth-order valence-electron chi connectivity index (χ4n) is 3.03. The van der Waals surface area contributed by atoms with Crippen molar-refractivity contribution in [3.8, 4) is 0 Å². The van der Waals surface area contributed by atoms with Crippen LogP contribution in [0.4, 0.5) is 10.1 Å². The van der Waals surface area contributed by atoms with Gasteiger partial charge in [0.15, 0.2) is 0 Å². The molecule has 0 aromatic heterocycles. The molecule has 0 aliphatic heterocycles. The highest BCUT2D eigenvalue weighted by molar-refractivity contribution is 9.10. The Morgan fingerprint density at radius 2 is 1.81 bits per heavy atom. The van der Waals surface area contributed by atoms with Crippen molar-refractivity contribution in [3.05, 3.63) is 64.4 Å². The molecule has 1 N–H and O–H groups in total. The first-order valence-electron chi connectivity index (χ1n) is 10.1. The van der Waals surface area contributed by atoms with E-state index >= 15 is 0 Å². The summed E-state index contributed by atoms with van der Waals surface area (Å²) in [6.45, 7) is 3.57. The lowest BCUT2D eigenvalue weighted by atomic mass is 10.1. The van der Waals surface area contributed by atoms with E-state index in [0.717, 1.165) is 39.2 Å². The molecule has 0 heterocycles. The van der Waals surface area contributed by atoms with Gasteiger partial charge in [-0.25, -0.2) is 12.8 Å². The largest absolute Gasteiger partial charge is 0.354 e. The highest BCUT2D eigenvalue weighted by Gasteiger charge is 2.30. The number of amides is 2. The van der Waals surface area contributed by atoms with E-state index in [0.29, 0.717) is 6.54 Å². The molecule has 0 aliphatic carbocycles. The Hall–Kier alpha value is -2.46. The summed E-state index contributed by atoms with van der Waals surface area (Å²) in [5, 5.41) is 2.77. The molecule has 0 radical (unpaired) electrons. The van der Waals surface area contributed by atoms with Crippen molar-refractivity contribution in [1.29, 1.82) is 0 Å². The first-order valence-corrected chi connectivity index (χ1v) is 12.7. The van der Waals surface area contributed by atoms with E-state index in [9.17, 15) is 22.4 Å². The van der Waals surface area contributed by atoms with E-state index in [2.05, 4.69) is 21.2 Å². The molecule has 0 spiro atoms. The van der Waals surface area contributed by atoms with E-state index in [-0.39, 0.29) is 18.1 Å². The maximum absolute atomic E-state index is 13.3. The van der Waals surface area contributed by atoms with Gasteiger partial charge in [-0.3, -0.25) is 13.9 Å². The van der Waals surface area contributed by atoms with Gasteiger partial charge in [-0.15, -0.1) is 0 Å². The number of anilines is 1. The first-order chi connectivity index (χ1) is 15.0. The molecule has 174 valence electrons. The summed E-state index contributed by atoms with van der Waals surface area (Å²) in [7, 11) is -3.84. The molecule has 0 saturated heterocycles. The average molecular weight is 528 g/mol. The monoisotopic (exact) mass is 527 g/mol. The highest BCUT2D eigenvalue weighted by atomic mass is 79.9. The molecule has 0 fully saturated rings. The van der Waals surface area contributed by atoms with Crippen molar-refractivity contribution in [2.24, 2.45) is 0 Å². The molecule has 2 amide bonds. The number of sulfonamides is 1. The van der Waals surface area contributed by atoms with Crippen molar-refractivity contribution in [3.63, 3.8) is 0 Å². The number of benzene rings is 2. The molecule has 2 aromatic rings. The van der Waals surface area contributed by atoms with Crippen LogP contribution in [0.1, 0.15) is 25.8 Å². The zero-order valence-corrected chi connectivity index (χ0v) is 20.6. The molecular weight excluding hydrogens is 501 g/mol. The SMILES string of the molecule is CCCNC(=O)[C@H](C)N(Cc1cccc(Br)c1)C(=O)CN(c1ccc(F)cc1)S(C)(=O)=O. The van der Waals surface area contributed by atoms with Crippen molar-refractivity contribution in [2.75, 3.05) is 23.7 Å². The Labute approximate surface area is 196 Å². The molecule has 0 unspecified atom stereocenters. The van der Waals surface area contributed by atoms with Gasteiger partial charge in [0.1, 0.15) is 18.4 Å². The van der Waals surface area contributed by atoms with Crippen molar-refractivity contribution >= 4 is 43.5 Å². The summed E-state index contributed by atoms with van der Waals surface area (Å²) in [6.07, 6.45) is 1.71. The Morgan fingerprint density at radius 1 is 1.16 bits per heavy atom. The lowest BCUT2D eigenvalue weighted by Gasteiger charge is -2.31. The lowest BCUT2D eigenvalue weighted by Crippen LogP contribution is -2.51. The smallest absolute Gasteiger partial charge is 0.244 e. The van der Waals surface area contributed by atoms with E-state index < -0.39 is 34.3 Å². The molecule has 2 rings (SSSR count). The van der Waals surface area contributed by atoms with Crippen molar-refractivity contribution in [2.45, 2.75) is 32.9 Å². The second-order valence-electron chi connectivity index (χ2n) is 7.36. The summed E-state index contributed by atoms with van der Waals surface area (Å²) >= 11 is 3.39. The number of hydrogen-bond acceptors (Lipinski definition) is 4. The third-order valence-electron chi connectivity index (χ3n) is 4.75. The van der Waals surface area contributed by atoms with Crippen LogP contribution in [0.2, 0.25) is 0 Å². The Bertz CT molecular complexity index is 1050. The Morgan fingerprint density at radius 3 is 2.38 bits per heavy atom. The van der Waals surface area contributed by atoms with Gasteiger partial charge in [0.2, 0.25) is 21.8 Å². The van der Waals surface area contributed by atoms with Gasteiger partial charge < -0.3 is 10.2 Å². The fourth-order valence-corrected chi connectivity index (χ4v) is 4.33. The third-order valence-corrected chi connectivity index (χ3v) is 6.39. The summed E-state index contributed by atoms with van der Waals surface area (Å²) in [6, 6.07) is 11.3. The van der Waals surface area contributed by atoms with Crippen molar-refractivity contribution in [1.82, 2.24) is 10.2 Å². The molecule has 0 aliphatic rings. The average Bonchev–Trinajstić information content (AvgIpc) is 2.73. The van der Waals surface area contributed by atoms with Crippen LogP contribution in [0.3, 0.4) is 0 Å². The number of nitrogens with zero attached hydrogens (tertiary/aromatic N) is 2. The summed E-state index contributed by atoms with van der Waals surface area (Å²) in [5.74, 6) is -1.41. The van der Waals surface area contributed by atoms with Gasteiger partial charge in [0, 0.05) is 17.6 Å². The van der Waals surface area contributed by atoms with E-state index in [1.165, 1.54) is 17.0 Å². The van der Waals surface area contributed by atoms with Crippen LogP contribution < -0.4 is 9.62 Å². The third kappa shape index (κ3) is 7.30. The second-order valence-corrected chi connectivity index (χ2v) is 10.2. The summed E-state index contributed by atoms with van der Waals surface area (Å²) in [4.78, 5) is 27.3. The molecule has 1 atom stereocenters. The molecule has 2 aromatic carbocycles. The maximum atomic E-state index is 13.3. The van der Waals surface area contributed by atoms with Gasteiger partial charge in [0.05, 0.1) is 11.9 Å². The number of halogens is 2. The van der Waals surface area contributed by atoms with E-state index in [1.54, 1.807) is 6.92 Å². The summed E-state index contributed by atoms with van der Waals surface area (Å²) in [5.41, 5.74) is 0.934. The van der Waals surface area contributed by atoms with Crippen LogP contribution in [0.15, 0.2) is 53.0 Å². The topological polar surface area (TPSA) is 86.8 Å². The first kappa shape index (κ1) is 25.8. The van der Waals surface area contributed by atoms with Crippen molar-refractivity contribution < 1.29 is 22.4 Å². The number of hydrogen-bond donors (Lipinski definition) is 1. The van der Waals surface area contributed by atoms with Crippen LogP contribution >= 0.6 is 15.9 Å². The van der Waals surface area contributed by atoms with Crippen LogP contribution in [0.5, 0.6) is 0 Å². The van der Waals surface area contributed by atoms with Crippen LogP contribution in [0.25, 0.3) is 0 Å². The predicted octanol–water partition coefficient (Wildman–Crippen LogP) is 3.30. The molecule has 10 heteroatoms. The van der Waals surface area contributed by atoms with Gasteiger partial charge in [-0.1, -0.05) is 35.0 Å². The Kier molecular flexibility index (Phi) is 9.21. The van der Waals surface area contributed by atoms with Crippen LogP contribution in [-0.2, 0) is 26.2 Å². The van der Waals surface area contributed by atoms with E-state index in [4.69, 9.17) is 0 Å². The summed E-state index contributed by atoms with van der Waals surface area (Å²) < 4.78 is 39.8. The molecular formula is C22H27BrFN3O4S. The molecule has 0 bridgehead atoms. The fraction of sp³-hybridized carbons (Fsp3) is 0.364. The molecule has 0 saturated carbocycles. The number of carbonyl (C=O) groups is 2. The number of carbonyl (C=O) groups excluding carboxylic acids is 2. The van der Waals surface area contributed by atoms with Crippen LogP contribution in [0, 0.1) is 5.82 Å². The Balaban J connectivity index is 2.35. The van der Waals surface area contributed by atoms with E-state index in [1.807, 2.05) is 31.2 Å². The highest BCUT2D eigenvalue weighted by Crippen LogP contribution is 2.20. The zero-order valence-electron chi connectivity index (χ0n) is 18.2. The predicted molar refractivity (Wildman–Crippen MR) is 126 cm³/mol. The standard InChI is InChI=1S/C22H27BrFN3O4S/c1-4-12-25-22(29)16(2)26(14-17-6-5-7-18(23)13-17)21(28)15-27(32(3,30)31)20-10-8-19(24)9-11-20/h5-11,13,16H,4,12,14-15H2,1-3H3,(H,25,29)/t16-/m0/s1. The minimum atomic E-state index is -3.84. The quantitative estimate of drug-likeness (QED) is 0.513. The molecule has 7 nitrogen and oxygen atoms in total. The van der Waals surface area contributed by atoms with Gasteiger partial charge in [0.25, 0.3) is 0 Å². The zero-order chi connectivity index (χ0) is 23.9. The minimum Gasteiger partial charge on any atom is -0.354 e. The van der Waals surface area contributed by atoms with Gasteiger partial charge in [-0.2, -0.15) is 0 Å². The second kappa shape index (κ2) is 11.4. The van der Waals surface area contributed by atoms with Gasteiger partial charge in [-0.05, 0) is 55.3 Å². The number of nitrogens with one attached hydrogen (secondary N) is 1. The lowest BCUT2D eigenvalue weighted by molar-refractivity contribution is -0.139. The van der Waals surface area contributed by atoms with Gasteiger partial charge >= 0.3 is 0 Å². The maximum Gasteiger partial charge on any atom is 0.244 e. The normalized spacial score (nSPS) is 12.2.